The average molecular weight is 219 g/mol. The van der Waals surface area contributed by atoms with Crippen molar-refractivity contribution >= 4 is 11.8 Å². The van der Waals surface area contributed by atoms with E-state index >= 15 is 0 Å². The van der Waals surface area contributed by atoms with Crippen LogP contribution in [0.1, 0.15) is 19.3 Å². The highest BCUT2D eigenvalue weighted by atomic mass is 32.2. The molecule has 1 aliphatic rings. The van der Waals surface area contributed by atoms with Gasteiger partial charge in [-0.05, 0) is 25.0 Å². The smallest absolute Gasteiger partial charge is 0.0700 e. The fraction of sp³-hybridized carbons (Fsp3) is 1.00. The maximum absolute atomic E-state index is 5.81. The molecule has 0 aromatic carbocycles. The van der Waals surface area contributed by atoms with Gasteiger partial charge in [-0.2, -0.15) is 11.8 Å². The Bertz CT molecular complexity index is 149. The molecule has 2 N–H and O–H groups in total. The molecule has 84 valence electrons. The first-order valence-electron chi connectivity index (χ1n) is 5.24. The van der Waals surface area contributed by atoms with Crippen LogP contribution in [-0.2, 0) is 9.47 Å². The van der Waals surface area contributed by atoms with Crippen LogP contribution in [-0.4, -0.2) is 44.0 Å². The summed E-state index contributed by atoms with van der Waals surface area (Å²) in [5.41, 5.74) is 5.81. The van der Waals surface area contributed by atoms with E-state index in [0.717, 1.165) is 19.6 Å². The summed E-state index contributed by atoms with van der Waals surface area (Å²) in [7, 11) is 1.69. The molecule has 0 aromatic heterocycles. The molecule has 1 unspecified atom stereocenters. The van der Waals surface area contributed by atoms with Crippen molar-refractivity contribution in [2.45, 2.75) is 24.0 Å². The monoisotopic (exact) mass is 219 g/mol. The van der Waals surface area contributed by atoms with E-state index in [2.05, 4.69) is 0 Å². The van der Waals surface area contributed by atoms with Crippen molar-refractivity contribution in [3.05, 3.63) is 0 Å². The van der Waals surface area contributed by atoms with Gasteiger partial charge in [0.15, 0.2) is 0 Å². The van der Waals surface area contributed by atoms with Gasteiger partial charge < -0.3 is 15.2 Å². The van der Waals surface area contributed by atoms with Crippen molar-refractivity contribution in [1.29, 1.82) is 0 Å². The van der Waals surface area contributed by atoms with Crippen molar-refractivity contribution in [2.75, 3.05) is 39.2 Å². The van der Waals surface area contributed by atoms with Gasteiger partial charge in [0.1, 0.15) is 0 Å². The first-order valence-corrected chi connectivity index (χ1v) is 6.22. The normalized spacial score (nSPS) is 27.0. The van der Waals surface area contributed by atoms with Crippen LogP contribution in [0.25, 0.3) is 0 Å². The standard InChI is InChI=1S/C10H21NO2S/c1-12-6-7-13-5-4-10(9-11)3-2-8-14-10/h2-9,11H2,1H3. The maximum Gasteiger partial charge on any atom is 0.0700 e. The molecule has 1 heterocycles. The van der Waals surface area contributed by atoms with E-state index in [0.29, 0.717) is 18.0 Å². The Morgan fingerprint density at radius 1 is 1.36 bits per heavy atom. The second-order valence-corrected chi connectivity index (χ2v) is 5.26. The molecular formula is C10H21NO2S. The number of hydrogen-bond acceptors (Lipinski definition) is 4. The Labute approximate surface area is 90.7 Å². The van der Waals surface area contributed by atoms with Crippen molar-refractivity contribution in [3.8, 4) is 0 Å². The third-order valence-corrected chi connectivity index (χ3v) is 4.37. The zero-order chi connectivity index (χ0) is 10.3. The van der Waals surface area contributed by atoms with Crippen LogP contribution in [0.5, 0.6) is 0 Å². The number of ether oxygens (including phenoxy) is 2. The molecule has 4 heteroatoms. The Kier molecular flexibility index (Phi) is 5.86. The van der Waals surface area contributed by atoms with Gasteiger partial charge >= 0.3 is 0 Å². The van der Waals surface area contributed by atoms with Gasteiger partial charge in [0.05, 0.1) is 13.2 Å². The van der Waals surface area contributed by atoms with Crippen LogP contribution in [0.3, 0.4) is 0 Å². The van der Waals surface area contributed by atoms with Crippen LogP contribution in [0.15, 0.2) is 0 Å². The predicted molar refractivity (Wildman–Crippen MR) is 60.8 cm³/mol. The lowest BCUT2D eigenvalue weighted by Gasteiger charge is -2.25. The quantitative estimate of drug-likeness (QED) is 0.655. The highest BCUT2D eigenvalue weighted by Gasteiger charge is 2.32. The fourth-order valence-corrected chi connectivity index (χ4v) is 3.07. The molecule has 14 heavy (non-hydrogen) atoms. The van der Waals surface area contributed by atoms with E-state index in [1.165, 1.54) is 18.6 Å². The molecule has 0 spiro atoms. The van der Waals surface area contributed by atoms with E-state index < -0.39 is 0 Å². The van der Waals surface area contributed by atoms with Crippen molar-refractivity contribution < 1.29 is 9.47 Å². The number of hydrogen-bond donors (Lipinski definition) is 1. The minimum Gasteiger partial charge on any atom is -0.382 e. The lowest BCUT2D eigenvalue weighted by molar-refractivity contribution is 0.0659. The predicted octanol–water partition coefficient (Wildman–Crippen LogP) is 1.26. The van der Waals surface area contributed by atoms with Crippen LogP contribution in [0.2, 0.25) is 0 Å². The third kappa shape index (κ3) is 3.77. The zero-order valence-corrected chi connectivity index (χ0v) is 9.78. The molecule has 0 aliphatic carbocycles. The molecule has 0 amide bonds. The van der Waals surface area contributed by atoms with Crippen LogP contribution < -0.4 is 5.73 Å². The van der Waals surface area contributed by atoms with E-state index in [1.54, 1.807) is 7.11 Å². The summed E-state index contributed by atoms with van der Waals surface area (Å²) >= 11 is 2.02. The SMILES string of the molecule is COCCOCCC1(CN)CCCS1. The largest absolute Gasteiger partial charge is 0.382 e. The molecule has 1 fully saturated rings. The highest BCUT2D eigenvalue weighted by Crippen LogP contribution is 2.39. The van der Waals surface area contributed by atoms with Crippen LogP contribution in [0, 0.1) is 0 Å². The number of nitrogens with two attached hydrogens (primary N) is 1. The van der Waals surface area contributed by atoms with Gasteiger partial charge in [-0.3, -0.25) is 0 Å². The molecular weight excluding hydrogens is 198 g/mol. The molecule has 0 radical (unpaired) electrons. The molecule has 0 aromatic rings. The number of thioether (sulfide) groups is 1. The summed E-state index contributed by atoms with van der Waals surface area (Å²) in [5.74, 6) is 1.26. The Morgan fingerprint density at radius 3 is 2.79 bits per heavy atom. The summed E-state index contributed by atoms with van der Waals surface area (Å²) in [4.78, 5) is 0. The molecule has 0 saturated carbocycles. The molecule has 0 bridgehead atoms. The van der Waals surface area contributed by atoms with Crippen LogP contribution >= 0.6 is 11.8 Å². The van der Waals surface area contributed by atoms with E-state index in [9.17, 15) is 0 Å². The first kappa shape index (κ1) is 12.3. The average Bonchev–Trinajstić information content (AvgIpc) is 2.67. The van der Waals surface area contributed by atoms with Crippen molar-refractivity contribution in [1.82, 2.24) is 0 Å². The van der Waals surface area contributed by atoms with Gasteiger partial charge in [0, 0.05) is 25.0 Å². The van der Waals surface area contributed by atoms with Gasteiger partial charge in [0.2, 0.25) is 0 Å². The van der Waals surface area contributed by atoms with E-state index in [1.807, 2.05) is 11.8 Å². The van der Waals surface area contributed by atoms with Gasteiger partial charge in [-0.1, -0.05) is 0 Å². The van der Waals surface area contributed by atoms with Crippen molar-refractivity contribution in [3.63, 3.8) is 0 Å². The van der Waals surface area contributed by atoms with Gasteiger partial charge in [-0.25, -0.2) is 0 Å². The minimum atomic E-state index is 0.313. The molecule has 3 nitrogen and oxygen atoms in total. The van der Waals surface area contributed by atoms with Gasteiger partial charge in [-0.15, -0.1) is 0 Å². The second kappa shape index (κ2) is 6.67. The number of rotatable bonds is 7. The summed E-state index contributed by atoms with van der Waals surface area (Å²) in [6.07, 6.45) is 3.64. The summed E-state index contributed by atoms with van der Waals surface area (Å²) in [6.45, 7) is 2.98. The Hall–Kier alpha value is 0.230. The highest BCUT2D eigenvalue weighted by molar-refractivity contribution is 8.00. The maximum atomic E-state index is 5.81. The van der Waals surface area contributed by atoms with Crippen molar-refractivity contribution in [2.24, 2.45) is 5.73 Å². The van der Waals surface area contributed by atoms with E-state index in [-0.39, 0.29) is 0 Å². The lowest BCUT2D eigenvalue weighted by Crippen LogP contribution is -2.33. The Balaban J connectivity index is 2.08. The fourth-order valence-electron chi connectivity index (χ4n) is 1.72. The molecule has 1 rings (SSSR count). The zero-order valence-electron chi connectivity index (χ0n) is 8.96. The van der Waals surface area contributed by atoms with Gasteiger partial charge in [0.25, 0.3) is 0 Å². The minimum absolute atomic E-state index is 0.313. The summed E-state index contributed by atoms with van der Waals surface area (Å²) < 4.78 is 10.7. The molecule has 1 saturated heterocycles. The summed E-state index contributed by atoms with van der Waals surface area (Å²) in [6, 6.07) is 0. The first-order chi connectivity index (χ1) is 6.83. The molecule has 1 atom stereocenters. The Morgan fingerprint density at radius 2 is 2.21 bits per heavy atom. The topological polar surface area (TPSA) is 44.5 Å². The second-order valence-electron chi connectivity index (χ2n) is 3.69. The number of methoxy groups -OCH3 is 1. The molecule has 1 aliphatic heterocycles. The third-order valence-electron chi connectivity index (χ3n) is 2.69. The van der Waals surface area contributed by atoms with Crippen LogP contribution in [0.4, 0.5) is 0 Å². The van der Waals surface area contributed by atoms with E-state index in [4.69, 9.17) is 15.2 Å². The lowest BCUT2D eigenvalue weighted by atomic mass is 10.00. The summed E-state index contributed by atoms with van der Waals surface area (Å²) in [5, 5.41) is 0.